The highest BCUT2D eigenvalue weighted by atomic mass is 32.2. The van der Waals surface area contributed by atoms with Gasteiger partial charge in [0.05, 0.1) is 6.61 Å². The van der Waals surface area contributed by atoms with Crippen LogP contribution in [0.2, 0.25) is 0 Å². The van der Waals surface area contributed by atoms with Gasteiger partial charge in [-0.3, -0.25) is 4.72 Å². The number of nitrogens with one attached hydrogen (secondary N) is 1. The fraction of sp³-hybridized carbons (Fsp3) is 0.118. The molecular formula is C17H15F2NO4S. The first-order chi connectivity index (χ1) is 11.8. The predicted octanol–water partition coefficient (Wildman–Crippen LogP) is 3.34. The van der Waals surface area contributed by atoms with E-state index in [0.29, 0.717) is 11.6 Å². The Morgan fingerprint density at radius 1 is 1.16 bits per heavy atom. The van der Waals surface area contributed by atoms with E-state index in [1.165, 1.54) is 24.3 Å². The van der Waals surface area contributed by atoms with Crippen molar-refractivity contribution in [3.63, 3.8) is 0 Å². The lowest BCUT2D eigenvalue weighted by Gasteiger charge is -2.09. The fourth-order valence-electron chi connectivity index (χ4n) is 1.91. The molecule has 2 aromatic rings. The zero-order valence-electron chi connectivity index (χ0n) is 13.2. The molecule has 25 heavy (non-hydrogen) atoms. The number of sulfonamides is 1. The number of hydrogen-bond donors (Lipinski definition) is 1. The van der Waals surface area contributed by atoms with Crippen LogP contribution in [0.5, 0.6) is 0 Å². The lowest BCUT2D eigenvalue weighted by Crippen LogP contribution is -2.14. The Morgan fingerprint density at radius 2 is 1.84 bits per heavy atom. The number of carbonyl (C=O) groups is 1. The Hall–Kier alpha value is -2.74. The molecule has 0 heterocycles. The van der Waals surface area contributed by atoms with Crippen molar-refractivity contribution in [2.24, 2.45) is 0 Å². The van der Waals surface area contributed by atoms with Gasteiger partial charge in [-0.15, -0.1) is 0 Å². The maximum atomic E-state index is 13.6. The zero-order valence-corrected chi connectivity index (χ0v) is 14.0. The zero-order chi connectivity index (χ0) is 18.4. The van der Waals surface area contributed by atoms with Gasteiger partial charge in [0, 0.05) is 11.8 Å². The Balaban J connectivity index is 2.15. The molecule has 0 aliphatic heterocycles. The highest BCUT2D eigenvalue weighted by molar-refractivity contribution is 7.92. The van der Waals surface area contributed by atoms with E-state index in [0.717, 1.165) is 12.1 Å². The number of hydrogen-bond acceptors (Lipinski definition) is 4. The molecule has 0 aliphatic carbocycles. The van der Waals surface area contributed by atoms with Gasteiger partial charge in [0.15, 0.2) is 0 Å². The Kier molecular flexibility index (Phi) is 5.87. The Bertz CT molecular complexity index is 893. The Labute approximate surface area is 144 Å². The van der Waals surface area contributed by atoms with Crippen LogP contribution in [-0.4, -0.2) is 21.0 Å². The number of carbonyl (C=O) groups excluding carboxylic acids is 1. The fourth-order valence-corrected chi connectivity index (χ4v) is 3.06. The highest BCUT2D eigenvalue weighted by Crippen LogP contribution is 2.20. The topological polar surface area (TPSA) is 72.5 Å². The van der Waals surface area contributed by atoms with Crippen molar-refractivity contribution in [2.75, 3.05) is 11.3 Å². The molecule has 0 unspecified atom stereocenters. The largest absolute Gasteiger partial charge is 0.463 e. The molecular weight excluding hydrogens is 352 g/mol. The summed E-state index contributed by atoms with van der Waals surface area (Å²) < 4.78 is 58.0. The third-order valence-electron chi connectivity index (χ3n) is 3.04. The molecule has 2 aromatic carbocycles. The van der Waals surface area contributed by atoms with Crippen molar-refractivity contribution in [1.82, 2.24) is 0 Å². The van der Waals surface area contributed by atoms with E-state index in [9.17, 15) is 22.0 Å². The second kappa shape index (κ2) is 7.89. The summed E-state index contributed by atoms with van der Waals surface area (Å²) in [4.78, 5) is 10.4. The molecule has 132 valence electrons. The van der Waals surface area contributed by atoms with Gasteiger partial charge in [0.2, 0.25) is 0 Å². The van der Waals surface area contributed by atoms with Crippen LogP contribution in [0.25, 0.3) is 6.08 Å². The number of rotatable bonds is 6. The normalized spacial score (nSPS) is 11.5. The molecule has 5 nitrogen and oxygen atoms in total. The molecule has 8 heteroatoms. The summed E-state index contributed by atoms with van der Waals surface area (Å²) >= 11 is 0. The second-order valence-electron chi connectivity index (χ2n) is 4.89. The molecule has 0 fully saturated rings. The van der Waals surface area contributed by atoms with Crippen molar-refractivity contribution < 1.29 is 26.7 Å². The van der Waals surface area contributed by atoms with Gasteiger partial charge in [-0.05, 0) is 48.9 Å². The van der Waals surface area contributed by atoms with Gasteiger partial charge < -0.3 is 4.74 Å². The first-order valence-electron chi connectivity index (χ1n) is 7.24. The minimum atomic E-state index is -4.27. The van der Waals surface area contributed by atoms with Crippen molar-refractivity contribution >= 4 is 27.8 Å². The minimum absolute atomic E-state index is 0.164. The van der Waals surface area contributed by atoms with Crippen LogP contribution in [0.1, 0.15) is 12.5 Å². The third-order valence-corrected chi connectivity index (χ3v) is 4.44. The van der Waals surface area contributed by atoms with E-state index >= 15 is 0 Å². The molecule has 0 amide bonds. The van der Waals surface area contributed by atoms with Crippen molar-refractivity contribution in [3.8, 4) is 0 Å². The number of anilines is 1. The van der Waals surface area contributed by atoms with Crippen LogP contribution < -0.4 is 4.72 Å². The molecule has 0 bridgehead atoms. The van der Waals surface area contributed by atoms with Crippen LogP contribution in [0, 0.1) is 11.6 Å². The molecule has 0 saturated carbocycles. The van der Waals surface area contributed by atoms with Crippen LogP contribution in [0.3, 0.4) is 0 Å². The summed E-state index contributed by atoms with van der Waals surface area (Å²) in [5, 5.41) is 0. The minimum Gasteiger partial charge on any atom is -0.463 e. The summed E-state index contributed by atoms with van der Waals surface area (Å²) in [6, 6.07) is 8.14. The van der Waals surface area contributed by atoms with Gasteiger partial charge in [-0.2, -0.15) is 0 Å². The average molecular weight is 367 g/mol. The number of benzene rings is 2. The van der Waals surface area contributed by atoms with Gasteiger partial charge in [0.1, 0.15) is 16.5 Å². The van der Waals surface area contributed by atoms with Gasteiger partial charge in [0.25, 0.3) is 10.0 Å². The van der Waals surface area contributed by atoms with Crippen LogP contribution >= 0.6 is 0 Å². The quantitative estimate of drug-likeness (QED) is 0.628. The predicted molar refractivity (Wildman–Crippen MR) is 89.3 cm³/mol. The SMILES string of the molecule is CCOC(=O)/C=C/c1ccc(NS(=O)(=O)c2cc(F)ccc2F)cc1. The highest BCUT2D eigenvalue weighted by Gasteiger charge is 2.20. The smallest absolute Gasteiger partial charge is 0.330 e. The van der Waals surface area contributed by atoms with Crippen molar-refractivity contribution in [1.29, 1.82) is 0 Å². The number of ether oxygens (including phenoxy) is 1. The summed E-state index contributed by atoms with van der Waals surface area (Å²) in [7, 11) is -4.27. The average Bonchev–Trinajstić information content (AvgIpc) is 2.56. The number of halogens is 2. The van der Waals surface area contributed by atoms with E-state index in [4.69, 9.17) is 4.74 Å². The first kappa shape index (κ1) is 18.6. The molecule has 0 radical (unpaired) electrons. The molecule has 0 atom stereocenters. The number of esters is 1. The summed E-state index contributed by atoms with van der Waals surface area (Å²) in [5.41, 5.74) is 0.796. The molecule has 0 aliphatic rings. The Morgan fingerprint density at radius 3 is 2.48 bits per heavy atom. The second-order valence-corrected chi connectivity index (χ2v) is 6.54. The van der Waals surface area contributed by atoms with Crippen molar-refractivity contribution in [2.45, 2.75) is 11.8 Å². The van der Waals surface area contributed by atoms with Crippen LogP contribution in [0.15, 0.2) is 53.4 Å². The van der Waals surface area contributed by atoms with Crippen molar-refractivity contribution in [3.05, 3.63) is 65.7 Å². The lowest BCUT2D eigenvalue weighted by molar-refractivity contribution is -0.137. The molecule has 2 rings (SSSR count). The lowest BCUT2D eigenvalue weighted by atomic mass is 10.2. The summed E-state index contributed by atoms with van der Waals surface area (Å²) in [5.74, 6) is -2.40. The summed E-state index contributed by atoms with van der Waals surface area (Å²) in [6.45, 7) is 1.95. The van der Waals surface area contributed by atoms with E-state index in [1.807, 2.05) is 0 Å². The monoisotopic (exact) mass is 367 g/mol. The molecule has 1 N–H and O–H groups in total. The summed E-state index contributed by atoms with van der Waals surface area (Å²) in [6.07, 6.45) is 2.74. The molecule has 0 aromatic heterocycles. The van der Waals surface area contributed by atoms with Gasteiger partial charge in [-0.25, -0.2) is 22.0 Å². The van der Waals surface area contributed by atoms with E-state index in [1.54, 1.807) is 19.1 Å². The first-order valence-corrected chi connectivity index (χ1v) is 8.73. The van der Waals surface area contributed by atoms with E-state index in [2.05, 4.69) is 4.72 Å². The molecule has 0 saturated heterocycles. The standard InChI is InChI=1S/C17H15F2NO4S/c1-2-24-17(21)10-5-12-3-7-14(8-4-12)20-25(22,23)16-11-13(18)6-9-15(16)19/h3-11,20H,2H2,1H3/b10-5+. The van der Waals surface area contributed by atoms with Crippen LogP contribution in [-0.2, 0) is 19.6 Å². The molecule has 0 spiro atoms. The van der Waals surface area contributed by atoms with E-state index in [-0.39, 0.29) is 12.3 Å². The third kappa shape index (κ3) is 5.12. The van der Waals surface area contributed by atoms with Gasteiger partial charge in [-0.1, -0.05) is 12.1 Å². The van der Waals surface area contributed by atoms with E-state index < -0.39 is 32.5 Å². The maximum absolute atomic E-state index is 13.6. The van der Waals surface area contributed by atoms with Crippen LogP contribution in [0.4, 0.5) is 14.5 Å². The van der Waals surface area contributed by atoms with Gasteiger partial charge >= 0.3 is 5.97 Å². The maximum Gasteiger partial charge on any atom is 0.330 e.